The second-order valence-corrected chi connectivity index (χ2v) is 7.39. The number of carbonyl (C=O) groups is 1. The Labute approximate surface area is 147 Å². The largest absolute Gasteiger partial charge is 0.354 e. The van der Waals surface area contributed by atoms with E-state index in [0.29, 0.717) is 13.0 Å². The van der Waals surface area contributed by atoms with Crippen molar-refractivity contribution >= 4 is 28.8 Å². The van der Waals surface area contributed by atoms with Gasteiger partial charge in [0.2, 0.25) is 5.91 Å². The lowest BCUT2D eigenvalue weighted by Gasteiger charge is -2.24. The topological polar surface area (TPSA) is 32.3 Å². The maximum Gasteiger partial charge on any atom is 0.223 e. The first kappa shape index (κ1) is 18.0. The molecule has 23 heavy (non-hydrogen) atoms. The molecule has 0 bridgehead atoms. The first-order valence-electron chi connectivity index (χ1n) is 7.69. The molecule has 2 atom stereocenters. The van der Waals surface area contributed by atoms with Crippen molar-refractivity contribution in [2.75, 3.05) is 20.6 Å². The van der Waals surface area contributed by atoms with Gasteiger partial charge in [0.1, 0.15) is 0 Å². The summed E-state index contributed by atoms with van der Waals surface area (Å²) < 4.78 is 0. The van der Waals surface area contributed by atoms with Crippen molar-refractivity contribution in [1.29, 1.82) is 0 Å². The number of amides is 1. The molecule has 0 radical (unpaired) electrons. The van der Waals surface area contributed by atoms with Gasteiger partial charge in [0, 0.05) is 22.4 Å². The molecule has 124 valence electrons. The second kappa shape index (κ2) is 8.48. The van der Waals surface area contributed by atoms with Crippen LogP contribution in [-0.2, 0) is 11.2 Å². The normalized spacial score (nSPS) is 13.8. The lowest BCUT2D eigenvalue weighted by Crippen LogP contribution is -2.37. The minimum atomic E-state index is -0.0673. The molecule has 1 aromatic carbocycles. The Morgan fingerprint density at radius 3 is 2.52 bits per heavy atom. The Kier molecular flexibility index (Phi) is 6.63. The van der Waals surface area contributed by atoms with Crippen LogP contribution in [-0.4, -0.2) is 31.4 Å². The fraction of sp³-hybridized carbons (Fsp3) is 0.389. The van der Waals surface area contributed by atoms with Gasteiger partial charge in [0.25, 0.3) is 0 Å². The summed E-state index contributed by atoms with van der Waals surface area (Å²) in [6.07, 6.45) is 0.717. The van der Waals surface area contributed by atoms with E-state index in [4.69, 9.17) is 11.6 Å². The fourth-order valence-electron chi connectivity index (χ4n) is 2.46. The third-order valence-corrected chi connectivity index (χ3v) is 5.09. The van der Waals surface area contributed by atoms with Crippen LogP contribution in [0.5, 0.6) is 0 Å². The summed E-state index contributed by atoms with van der Waals surface area (Å²) in [6.45, 7) is 2.58. The Balaban J connectivity index is 1.88. The van der Waals surface area contributed by atoms with Crippen LogP contribution in [0.2, 0.25) is 5.02 Å². The molecule has 0 aliphatic heterocycles. The van der Waals surface area contributed by atoms with Crippen molar-refractivity contribution in [3.63, 3.8) is 0 Å². The van der Waals surface area contributed by atoms with E-state index in [1.807, 2.05) is 51.4 Å². The van der Waals surface area contributed by atoms with Crippen LogP contribution in [0.4, 0.5) is 0 Å². The first-order chi connectivity index (χ1) is 11.0. The number of hydrogen-bond donors (Lipinski definition) is 1. The summed E-state index contributed by atoms with van der Waals surface area (Å²) in [5.41, 5.74) is 1.12. The van der Waals surface area contributed by atoms with Gasteiger partial charge in [-0.1, -0.05) is 36.7 Å². The van der Waals surface area contributed by atoms with E-state index < -0.39 is 0 Å². The van der Waals surface area contributed by atoms with E-state index in [-0.39, 0.29) is 17.9 Å². The van der Waals surface area contributed by atoms with E-state index >= 15 is 0 Å². The predicted molar refractivity (Wildman–Crippen MR) is 98.1 cm³/mol. The van der Waals surface area contributed by atoms with Gasteiger partial charge < -0.3 is 10.2 Å². The number of benzene rings is 1. The monoisotopic (exact) mass is 350 g/mol. The molecule has 0 aliphatic rings. The molecule has 1 heterocycles. The number of nitrogens with one attached hydrogen (secondary N) is 1. The molecule has 0 spiro atoms. The van der Waals surface area contributed by atoms with Gasteiger partial charge in [-0.15, -0.1) is 11.3 Å². The minimum absolute atomic E-state index is 0.0673. The highest BCUT2D eigenvalue weighted by atomic mass is 35.5. The smallest absolute Gasteiger partial charge is 0.223 e. The Hall–Kier alpha value is -1.36. The summed E-state index contributed by atoms with van der Waals surface area (Å²) in [6, 6.07) is 12.0. The molecule has 2 unspecified atom stereocenters. The van der Waals surface area contributed by atoms with Crippen LogP contribution in [0.15, 0.2) is 41.8 Å². The number of hydrogen-bond acceptors (Lipinski definition) is 3. The Bertz CT molecular complexity index is 610. The maximum absolute atomic E-state index is 12.4. The molecule has 0 saturated carbocycles. The average molecular weight is 351 g/mol. The molecular weight excluding hydrogens is 328 g/mol. The van der Waals surface area contributed by atoms with Crippen molar-refractivity contribution in [2.24, 2.45) is 5.92 Å². The molecule has 5 heteroatoms. The number of thiophene rings is 1. The van der Waals surface area contributed by atoms with Crippen molar-refractivity contribution < 1.29 is 4.79 Å². The number of carbonyl (C=O) groups excluding carboxylic acids is 1. The van der Waals surface area contributed by atoms with Crippen LogP contribution >= 0.6 is 22.9 Å². The summed E-state index contributed by atoms with van der Waals surface area (Å²) in [5, 5.41) is 5.87. The van der Waals surface area contributed by atoms with E-state index in [0.717, 1.165) is 10.6 Å². The summed E-state index contributed by atoms with van der Waals surface area (Å²) >= 11 is 7.61. The molecule has 1 amide bonds. The van der Waals surface area contributed by atoms with Gasteiger partial charge in [-0.05, 0) is 49.7 Å². The third-order valence-electron chi connectivity index (χ3n) is 3.87. The predicted octanol–water partition coefficient (Wildman–Crippen LogP) is 4.00. The van der Waals surface area contributed by atoms with Gasteiger partial charge in [-0.3, -0.25) is 4.79 Å². The summed E-state index contributed by atoms with van der Waals surface area (Å²) in [5.74, 6) is 0.0191. The van der Waals surface area contributed by atoms with E-state index in [9.17, 15) is 4.79 Å². The first-order valence-corrected chi connectivity index (χ1v) is 8.95. The quantitative estimate of drug-likeness (QED) is 0.818. The highest BCUT2D eigenvalue weighted by Crippen LogP contribution is 2.22. The van der Waals surface area contributed by atoms with Crippen LogP contribution in [0.1, 0.15) is 23.4 Å². The SMILES string of the molecule is CC(Cc1ccc(Cl)cc1)C(=O)NCC(c1cccs1)N(C)C. The highest BCUT2D eigenvalue weighted by molar-refractivity contribution is 7.10. The zero-order valence-electron chi connectivity index (χ0n) is 13.8. The van der Waals surface area contributed by atoms with Crippen molar-refractivity contribution in [1.82, 2.24) is 10.2 Å². The van der Waals surface area contributed by atoms with Crippen LogP contribution in [0.25, 0.3) is 0 Å². The van der Waals surface area contributed by atoms with E-state index in [2.05, 4.69) is 21.7 Å². The number of nitrogens with zero attached hydrogens (tertiary/aromatic N) is 1. The zero-order valence-corrected chi connectivity index (χ0v) is 15.3. The molecule has 0 aliphatic carbocycles. The van der Waals surface area contributed by atoms with Gasteiger partial charge in [-0.25, -0.2) is 0 Å². The van der Waals surface area contributed by atoms with Crippen molar-refractivity contribution in [3.05, 3.63) is 57.2 Å². The van der Waals surface area contributed by atoms with Crippen LogP contribution in [0, 0.1) is 5.92 Å². The van der Waals surface area contributed by atoms with Gasteiger partial charge in [0.05, 0.1) is 6.04 Å². The number of halogens is 1. The molecule has 1 aromatic heterocycles. The van der Waals surface area contributed by atoms with Crippen LogP contribution in [0.3, 0.4) is 0 Å². The zero-order chi connectivity index (χ0) is 16.8. The number of rotatable bonds is 7. The summed E-state index contributed by atoms with van der Waals surface area (Å²) in [4.78, 5) is 15.8. The molecule has 3 nitrogen and oxygen atoms in total. The lowest BCUT2D eigenvalue weighted by atomic mass is 10.0. The van der Waals surface area contributed by atoms with Gasteiger partial charge in [-0.2, -0.15) is 0 Å². The van der Waals surface area contributed by atoms with E-state index in [1.165, 1.54) is 4.88 Å². The molecule has 2 rings (SSSR count). The minimum Gasteiger partial charge on any atom is -0.354 e. The van der Waals surface area contributed by atoms with Crippen molar-refractivity contribution in [3.8, 4) is 0 Å². The maximum atomic E-state index is 12.4. The van der Waals surface area contributed by atoms with Gasteiger partial charge >= 0.3 is 0 Å². The van der Waals surface area contributed by atoms with E-state index in [1.54, 1.807) is 11.3 Å². The summed E-state index contributed by atoms with van der Waals surface area (Å²) in [7, 11) is 4.07. The van der Waals surface area contributed by atoms with Crippen LogP contribution < -0.4 is 5.32 Å². The Morgan fingerprint density at radius 2 is 1.96 bits per heavy atom. The fourth-order valence-corrected chi connectivity index (χ4v) is 3.51. The lowest BCUT2D eigenvalue weighted by molar-refractivity contribution is -0.124. The molecule has 0 saturated heterocycles. The third kappa shape index (κ3) is 5.34. The highest BCUT2D eigenvalue weighted by Gasteiger charge is 2.19. The van der Waals surface area contributed by atoms with Gasteiger partial charge in [0.15, 0.2) is 0 Å². The second-order valence-electron chi connectivity index (χ2n) is 5.97. The molecular formula is C18H23ClN2OS. The molecule has 1 N–H and O–H groups in total. The standard InChI is InChI=1S/C18H23ClN2OS/c1-13(11-14-6-8-15(19)9-7-14)18(22)20-12-16(21(2)3)17-5-4-10-23-17/h4-10,13,16H,11-12H2,1-3H3,(H,20,22). The molecule has 0 fully saturated rings. The Morgan fingerprint density at radius 1 is 1.26 bits per heavy atom. The average Bonchev–Trinajstić information content (AvgIpc) is 3.03. The molecule has 2 aromatic rings. The number of likely N-dealkylation sites (N-methyl/N-ethyl adjacent to an activating group) is 1. The van der Waals surface area contributed by atoms with Crippen molar-refractivity contribution in [2.45, 2.75) is 19.4 Å².